The predicted molar refractivity (Wildman–Crippen MR) is 79.2 cm³/mol. The van der Waals surface area contributed by atoms with Gasteiger partial charge in [0.1, 0.15) is 0 Å². The van der Waals surface area contributed by atoms with Crippen molar-refractivity contribution in [1.82, 2.24) is 5.43 Å². The summed E-state index contributed by atoms with van der Waals surface area (Å²) >= 11 is 3.51. The maximum Gasteiger partial charge on any atom is 0.0710 e. The quantitative estimate of drug-likeness (QED) is 0.671. The topological polar surface area (TPSA) is 38.0 Å². The van der Waals surface area contributed by atoms with Crippen molar-refractivity contribution < 1.29 is 0 Å². The second-order valence-electron chi connectivity index (χ2n) is 4.52. The summed E-state index contributed by atoms with van der Waals surface area (Å²) in [5, 5.41) is 0. The van der Waals surface area contributed by atoms with E-state index < -0.39 is 0 Å². The Balaban J connectivity index is 2.38. The molecule has 18 heavy (non-hydrogen) atoms. The number of benzene rings is 2. The Morgan fingerprint density at radius 2 is 1.61 bits per heavy atom. The van der Waals surface area contributed by atoms with Gasteiger partial charge in [-0.15, -0.1) is 0 Å². The molecule has 0 spiro atoms. The van der Waals surface area contributed by atoms with Gasteiger partial charge in [-0.1, -0.05) is 57.9 Å². The number of hydrazine groups is 1. The monoisotopic (exact) mass is 304 g/mol. The SMILES string of the molecule is Cc1ccc(C(NN)c2ccc(Br)c(C)c2)cc1. The van der Waals surface area contributed by atoms with E-state index in [1.165, 1.54) is 22.3 Å². The van der Waals surface area contributed by atoms with Crippen molar-refractivity contribution in [3.8, 4) is 0 Å². The summed E-state index contributed by atoms with van der Waals surface area (Å²) in [6.45, 7) is 4.16. The minimum atomic E-state index is 0.0254. The van der Waals surface area contributed by atoms with Crippen molar-refractivity contribution >= 4 is 15.9 Å². The summed E-state index contributed by atoms with van der Waals surface area (Å²) in [4.78, 5) is 0. The van der Waals surface area contributed by atoms with Crippen LogP contribution in [0, 0.1) is 13.8 Å². The fraction of sp³-hybridized carbons (Fsp3) is 0.200. The molecule has 0 aliphatic carbocycles. The molecule has 0 aromatic heterocycles. The third-order valence-corrected chi connectivity index (χ3v) is 3.98. The number of aryl methyl sites for hydroxylation is 2. The molecule has 2 rings (SSSR count). The molecule has 0 amide bonds. The number of hydrogen-bond donors (Lipinski definition) is 2. The fourth-order valence-corrected chi connectivity index (χ4v) is 2.24. The third kappa shape index (κ3) is 2.80. The Morgan fingerprint density at radius 3 is 2.17 bits per heavy atom. The Morgan fingerprint density at radius 1 is 1.00 bits per heavy atom. The van der Waals surface area contributed by atoms with E-state index in [9.17, 15) is 0 Å². The van der Waals surface area contributed by atoms with Crippen molar-refractivity contribution in [2.45, 2.75) is 19.9 Å². The van der Waals surface area contributed by atoms with Crippen LogP contribution < -0.4 is 11.3 Å². The lowest BCUT2D eigenvalue weighted by Crippen LogP contribution is -2.28. The second kappa shape index (κ2) is 5.65. The first-order valence-electron chi connectivity index (χ1n) is 5.90. The second-order valence-corrected chi connectivity index (χ2v) is 5.37. The van der Waals surface area contributed by atoms with Crippen LogP contribution in [0.3, 0.4) is 0 Å². The van der Waals surface area contributed by atoms with E-state index in [1.807, 2.05) is 0 Å². The zero-order valence-electron chi connectivity index (χ0n) is 10.6. The fourth-order valence-electron chi connectivity index (χ4n) is 1.99. The molecule has 3 N–H and O–H groups in total. The highest BCUT2D eigenvalue weighted by molar-refractivity contribution is 9.10. The number of halogens is 1. The Labute approximate surface area is 116 Å². The largest absolute Gasteiger partial charge is 0.271 e. The summed E-state index contributed by atoms with van der Waals surface area (Å²) in [5.74, 6) is 5.70. The van der Waals surface area contributed by atoms with E-state index in [1.54, 1.807) is 0 Å². The molecule has 0 heterocycles. The number of rotatable bonds is 3. The van der Waals surface area contributed by atoms with E-state index in [4.69, 9.17) is 5.84 Å². The van der Waals surface area contributed by atoms with E-state index in [-0.39, 0.29) is 6.04 Å². The zero-order valence-corrected chi connectivity index (χ0v) is 12.2. The van der Waals surface area contributed by atoms with Gasteiger partial charge < -0.3 is 0 Å². The first-order valence-corrected chi connectivity index (χ1v) is 6.70. The third-order valence-electron chi connectivity index (χ3n) is 3.09. The Bertz CT molecular complexity index is 535. The highest BCUT2D eigenvalue weighted by atomic mass is 79.9. The first kappa shape index (κ1) is 13.3. The minimum absolute atomic E-state index is 0.0254. The molecular formula is C15H17BrN2. The number of hydrogen-bond acceptors (Lipinski definition) is 2. The molecular weight excluding hydrogens is 288 g/mol. The molecule has 2 nitrogen and oxygen atoms in total. The van der Waals surface area contributed by atoms with Crippen molar-refractivity contribution in [2.75, 3.05) is 0 Å². The van der Waals surface area contributed by atoms with Gasteiger partial charge in [-0.2, -0.15) is 0 Å². The minimum Gasteiger partial charge on any atom is -0.271 e. The van der Waals surface area contributed by atoms with E-state index in [2.05, 4.69) is 77.7 Å². The van der Waals surface area contributed by atoms with Gasteiger partial charge in [0.2, 0.25) is 0 Å². The van der Waals surface area contributed by atoms with Crippen LogP contribution in [0.15, 0.2) is 46.9 Å². The van der Waals surface area contributed by atoms with Gasteiger partial charge in [0.15, 0.2) is 0 Å². The summed E-state index contributed by atoms with van der Waals surface area (Å²) < 4.78 is 1.12. The maximum absolute atomic E-state index is 5.70. The van der Waals surface area contributed by atoms with Gasteiger partial charge in [-0.05, 0) is 36.6 Å². The van der Waals surface area contributed by atoms with Gasteiger partial charge in [-0.25, -0.2) is 5.43 Å². The Hall–Kier alpha value is -1.16. The molecule has 0 bridgehead atoms. The van der Waals surface area contributed by atoms with Crippen LogP contribution in [0.1, 0.15) is 28.3 Å². The van der Waals surface area contributed by atoms with Crippen LogP contribution in [0.25, 0.3) is 0 Å². The molecule has 3 heteroatoms. The lowest BCUT2D eigenvalue weighted by atomic mass is 9.97. The molecule has 0 aliphatic rings. The number of nitrogens with one attached hydrogen (secondary N) is 1. The zero-order chi connectivity index (χ0) is 13.1. The van der Waals surface area contributed by atoms with Crippen LogP contribution in [0.4, 0.5) is 0 Å². The molecule has 2 aromatic rings. The van der Waals surface area contributed by atoms with Crippen LogP contribution in [-0.2, 0) is 0 Å². The van der Waals surface area contributed by atoms with Gasteiger partial charge in [0.05, 0.1) is 6.04 Å². The average molecular weight is 305 g/mol. The molecule has 0 saturated carbocycles. The summed E-state index contributed by atoms with van der Waals surface area (Å²) in [6, 6.07) is 14.7. The molecule has 0 saturated heterocycles. The van der Waals surface area contributed by atoms with Gasteiger partial charge in [0.25, 0.3) is 0 Å². The van der Waals surface area contributed by atoms with Crippen molar-refractivity contribution in [3.63, 3.8) is 0 Å². The highest BCUT2D eigenvalue weighted by Gasteiger charge is 2.12. The van der Waals surface area contributed by atoms with Gasteiger partial charge in [-0.3, -0.25) is 5.84 Å². The normalized spacial score (nSPS) is 12.4. The molecule has 0 radical (unpaired) electrons. The molecule has 1 atom stereocenters. The predicted octanol–water partition coefficient (Wildman–Crippen LogP) is 3.62. The molecule has 1 unspecified atom stereocenters. The van der Waals surface area contributed by atoms with E-state index >= 15 is 0 Å². The summed E-state index contributed by atoms with van der Waals surface area (Å²) in [7, 11) is 0. The van der Waals surface area contributed by atoms with Crippen molar-refractivity contribution in [2.24, 2.45) is 5.84 Å². The number of nitrogens with two attached hydrogens (primary N) is 1. The lowest BCUT2D eigenvalue weighted by Gasteiger charge is -2.18. The molecule has 2 aromatic carbocycles. The molecule has 0 aliphatic heterocycles. The average Bonchev–Trinajstić information content (AvgIpc) is 2.37. The summed E-state index contributed by atoms with van der Waals surface area (Å²) in [5.41, 5.74) is 7.68. The van der Waals surface area contributed by atoms with Crippen LogP contribution in [0.2, 0.25) is 0 Å². The summed E-state index contributed by atoms with van der Waals surface area (Å²) in [6.07, 6.45) is 0. The molecule has 0 fully saturated rings. The van der Waals surface area contributed by atoms with E-state index in [0.29, 0.717) is 0 Å². The molecule has 94 valence electrons. The van der Waals surface area contributed by atoms with Gasteiger partial charge in [0, 0.05) is 4.47 Å². The van der Waals surface area contributed by atoms with E-state index in [0.717, 1.165) is 4.47 Å². The standard InChI is InChI=1S/C15H17BrN2/c1-10-3-5-12(6-4-10)15(18-17)13-7-8-14(16)11(2)9-13/h3-9,15,18H,17H2,1-2H3. The van der Waals surface area contributed by atoms with Crippen molar-refractivity contribution in [1.29, 1.82) is 0 Å². The van der Waals surface area contributed by atoms with Gasteiger partial charge >= 0.3 is 0 Å². The Kier molecular flexibility index (Phi) is 4.17. The van der Waals surface area contributed by atoms with Crippen LogP contribution >= 0.6 is 15.9 Å². The first-order chi connectivity index (χ1) is 8.61. The smallest absolute Gasteiger partial charge is 0.0710 e. The maximum atomic E-state index is 5.70. The highest BCUT2D eigenvalue weighted by Crippen LogP contribution is 2.25. The van der Waals surface area contributed by atoms with Crippen molar-refractivity contribution in [3.05, 3.63) is 69.2 Å². The van der Waals surface area contributed by atoms with Crippen LogP contribution in [0.5, 0.6) is 0 Å². The van der Waals surface area contributed by atoms with Crippen LogP contribution in [-0.4, -0.2) is 0 Å². The lowest BCUT2D eigenvalue weighted by molar-refractivity contribution is 0.636.